The number of ether oxygens (including phenoxy) is 2. The number of likely N-dealkylation sites (tertiary alicyclic amines) is 1. The second-order valence-corrected chi connectivity index (χ2v) is 7.83. The van der Waals surface area contributed by atoms with Gasteiger partial charge in [-0.05, 0) is 62.7 Å². The molecule has 166 valence electrons. The van der Waals surface area contributed by atoms with Gasteiger partial charge in [0.15, 0.2) is 11.5 Å². The number of anilines is 1. The number of carbonyl (C=O) groups is 2. The van der Waals surface area contributed by atoms with E-state index in [0.29, 0.717) is 35.7 Å². The van der Waals surface area contributed by atoms with Gasteiger partial charge in [-0.25, -0.2) is 0 Å². The molecule has 1 heterocycles. The standard InChI is InChI=1S/C24H31N3O4/c1-27-14-6-7-18(16-27)23(28)26-20-9-5-4-8-19(20)24(29)25-13-12-17-10-11-21(30-2)22(15-17)31-3/h4-5,8-11,15,18H,6-7,12-14,16H2,1-3H3,(H,25,29)(H,26,28). The maximum absolute atomic E-state index is 12.8. The van der Waals surface area contributed by atoms with Gasteiger partial charge in [0.2, 0.25) is 5.91 Å². The third-order valence-corrected chi connectivity index (χ3v) is 5.57. The molecule has 1 atom stereocenters. The lowest BCUT2D eigenvalue weighted by Gasteiger charge is -2.28. The van der Waals surface area contributed by atoms with Crippen LogP contribution in [0.15, 0.2) is 42.5 Å². The Balaban J connectivity index is 1.59. The Labute approximate surface area is 183 Å². The van der Waals surface area contributed by atoms with Gasteiger partial charge in [-0.2, -0.15) is 0 Å². The molecule has 2 aromatic carbocycles. The van der Waals surface area contributed by atoms with Crippen molar-refractivity contribution in [2.45, 2.75) is 19.3 Å². The van der Waals surface area contributed by atoms with Crippen LogP contribution < -0.4 is 20.1 Å². The molecule has 1 unspecified atom stereocenters. The topological polar surface area (TPSA) is 79.9 Å². The maximum Gasteiger partial charge on any atom is 0.253 e. The van der Waals surface area contributed by atoms with Crippen LogP contribution in [0.1, 0.15) is 28.8 Å². The van der Waals surface area contributed by atoms with Crippen LogP contribution in [0.2, 0.25) is 0 Å². The zero-order chi connectivity index (χ0) is 22.2. The van der Waals surface area contributed by atoms with Crippen LogP contribution in [-0.2, 0) is 11.2 Å². The summed E-state index contributed by atoms with van der Waals surface area (Å²) in [6.07, 6.45) is 2.53. The molecule has 7 nitrogen and oxygen atoms in total. The van der Waals surface area contributed by atoms with E-state index in [1.807, 2.05) is 31.3 Å². The Morgan fingerprint density at radius 1 is 1.10 bits per heavy atom. The first kappa shape index (κ1) is 22.6. The highest BCUT2D eigenvalue weighted by Gasteiger charge is 2.25. The Bertz CT molecular complexity index is 915. The van der Waals surface area contributed by atoms with Gasteiger partial charge in [0.05, 0.1) is 31.4 Å². The van der Waals surface area contributed by atoms with Crippen molar-refractivity contribution >= 4 is 17.5 Å². The molecule has 7 heteroatoms. The molecule has 3 rings (SSSR count). The Hall–Kier alpha value is -3.06. The summed E-state index contributed by atoms with van der Waals surface area (Å²) in [5.41, 5.74) is 2.04. The molecule has 0 bridgehead atoms. The number of rotatable bonds is 8. The quantitative estimate of drug-likeness (QED) is 0.680. The zero-order valence-electron chi connectivity index (χ0n) is 18.4. The van der Waals surface area contributed by atoms with Gasteiger partial charge >= 0.3 is 0 Å². The average Bonchev–Trinajstić information content (AvgIpc) is 2.79. The zero-order valence-corrected chi connectivity index (χ0v) is 18.4. The van der Waals surface area contributed by atoms with Crippen molar-refractivity contribution in [3.05, 3.63) is 53.6 Å². The molecule has 2 amide bonds. The lowest BCUT2D eigenvalue weighted by molar-refractivity contribution is -0.121. The summed E-state index contributed by atoms with van der Waals surface area (Å²) in [5.74, 6) is 1.03. The van der Waals surface area contributed by atoms with Crippen molar-refractivity contribution in [1.29, 1.82) is 0 Å². The highest BCUT2D eigenvalue weighted by Crippen LogP contribution is 2.27. The Morgan fingerprint density at radius 2 is 1.87 bits per heavy atom. The molecule has 1 fully saturated rings. The number of hydrogen-bond donors (Lipinski definition) is 2. The van der Waals surface area contributed by atoms with E-state index in [2.05, 4.69) is 15.5 Å². The summed E-state index contributed by atoms with van der Waals surface area (Å²) >= 11 is 0. The van der Waals surface area contributed by atoms with E-state index >= 15 is 0 Å². The van der Waals surface area contributed by atoms with E-state index in [9.17, 15) is 9.59 Å². The molecule has 2 N–H and O–H groups in total. The summed E-state index contributed by atoms with van der Waals surface area (Å²) in [5, 5.41) is 5.90. The molecule has 2 aromatic rings. The summed E-state index contributed by atoms with van der Waals surface area (Å²) in [6, 6.07) is 12.8. The van der Waals surface area contributed by atoms with Gasteiger partial charge in [-0.15, -0.1) is 0 Å². The Morgan fingerprint density at radius 3 is 2.61 bits per heavy atom. The maximum atomic E-state index is 12.8. The molecular formula is C24H31N3O4. The third kappa shape index (κ3) is 5.98. The van der Waals surface area contributed by atoms with Crippen molar-refractivity contribution < 1.29 is 19.1 Å². The van der Waals surface area contributed by atoms with E-state index in [-0.39, 0.29) is 17.7 Å². The fourth-order valence-electron chi connectivity index (χ4n) is 3.86. The van der Waals surface area contributed by atoms with Crippen molar-refractivity contribution in [1.82, 2.24) is 10.2 Å². The first-order valence-electron chi connectivity index (χ1n) is 10.6. The second kappa shape index (κ2) is 10.8. The molecule has 0 aromatic heterocycles. The highest BCUT2D eigenvalue weighted by molar-refractivity contribution is 6.04. The lowest BCUT2D eigenvalue weighted by Crippen LogP contribution is -2.38. The number of nitrogens with zero attached hydrogens (tertiary/aromatic N) is 1. The van der Waals surface area contributed by atoms with Crippen molar-refractivity contribution in [3.63, 3.8) is 0 Å². The first-order chi connectivity index (χ1) is 15.0. The first-order valence-corrected chi connectivity index (χ1v) is 10.6. The Kier molecular flexibility index (Phi) is 7.89. The average molecular weight is 426 g/mol. The molecule has 0 aliphatic carbocycles. The number of methoxy groups -OCH3 is 2. The molecule has 1 aliphatic rings. The van der Waals surface area contributed by atoms with E-state index in [1.165, 1.54) is 0 Å². The van der Waals surface area contributed by atoms with Crippen LogP contribution in [-0.4, -0.2) is 57.6 Å². The predicted octanol–water partition coefficient (Wildman–Crippen LogP) is 2.96. The van der Waals surface area contributed by atoms with Gasteiger partial charge < -0.3 is 25.0 Å². The van der Waals surface area contributed by atoms with E-state index < -0.39 is 0 Å². The number of carbonyl (C=O) groups excluding carboxylic acids is 2. The summed E-state index contributed by atoms with van der Waals surface area (Å²) in [6.45, 7) is 2.22. The SMILES string of the molecule is COc1ccc(CCNC(=O)c2ccccc2NC(=O)C2CCCN(C)C2)cc1OC. The number of para-hydroxylation sites is 1. The minimum absolute atomic E-state index is 0.0304. The highest BCUT2D eigenvalue weighted by atomic mass is 16.5. The van der Waals surface area contributed by atoms with Crippen LogP contribution in [0, 0.1) is 5.92 Å². The second-order valence-electron chi connectivity index (χ2n) is 7.83. The number of piperidine rings is 1. The van der Waals surface area contributed by atoms with E-state index in [0.717, 1.165) is 31.5 Å². The molecule has 0 radical (unpaired) electrons. The van der Waals surface area contributed by atoms with Gasteiger partial charge in [-0.1, -0.05) is 18.2 Å². The van der Waals surface area contributed by atoms with Gasteiger partial charge in [-0.3, -0.25) is 9.59 Å². The largest absolute Gasteiger partial charge is 0.493 e. The van der Waals surface area contributed by atoms with Gasteiger partial charge in [0, 0.05) is 13.1 Å². The van der Waals surface area contributed by atoms with Crippen molar-refractivity contribution in [2.24, 2.45) is 5.92 Å². The number of hydrogen-bond acceptors (Lipinski definition) is 5. The third-order valence-electron chi connectivity index (χ3n) is 5.57. The van der Waals surface area contributed by atoms with Crippen molar-refractivity contribution in [2.75, 3.05) is 46.2 Å². The summed E-state index contributed by atoms with van der Waals surface area (Å²) in [4.78, 5) is 27.6. The summed E-state index contributed by atoms with van der Waals surface area (Å²) in [7, 11) is 5.22. The molecule has 0 saturated carbocycles. The fourth-order valence-corrected chi connectivity index (χ4v) is 3.86. The molecule has 1 saturated heterocycles. The van der Waals surface area contributed by atoms with Crippen LogP contribution in [0.25, 0.3) is 0 Å². The molecule has 31 heavy (non-hydrogen) atoms. The number of benzene rings is 2. The molecule has 1 aliphatic heterocycles. The van der Waals surface area contributed by atoms with Gasteiger partial charge in [0.25, 0.3) is 5.91 Å². The normalized spacial score (nSPS) is 16.4. The fraction of sp³-hybridized carbons (Fsp3) is 0.417. The van der Waals surface area contributed by atoms with Crippen LogP contribution in [0.5, 0.6) is 11.5 Å². The van der Waals surface area contributed by atoms with Crippen LogP contribution in [0.4, 0.5) is 5.69 Å². The number of amides is 2. The minimum Gasteiger partial charge on any atom is -0.493 e. The van der Waals surface area contributed by atoms with Crippen LogP contribution in [0.3, 0.4) is 0 Å². The van der Waals surface area contributed by atoms with E-state index in [1.54, 1.807) is 32.4 Å². The van der Waals surface area contributed by atoms with Crippen LogP contribution >= 0.6 is 0 Å². The predicted molar refractivity (Wildman–Crippen MR) is 121 cm³/mol. The molecular weight excluding hydrogens is 394 g/mol. The minimum atomic E-state index is -0.211. The smallest absolute Gasteiger partial charge is 0.253 e. The summed E-state index contributed by atoms with van der Waals surface area (Å²) < 4.78 is 10.6. The monoisotopic (exact) mass is 425 g/mol. The van der Waals surface area contributed by atoms with Gasteiger partial charge in [0.1, 0.15) is 0 Å². The van der Waals surface area contributed by atoms with Crippen molar-refractivity contribution in [3.8, 4) is 11.5 Å². The molecule has 0 spiro atoms. The number of nitrogens with one attached hydrogen (secondary N) is 2. The lowest BCUT2D eigenvalue weighted by atomic mass is 9.97. The van der Waals surface area contributed by atoms with E-state index in [4.69, 9.17) is 9.47 Å².